The Morgan fingerprint density at radius 1 is 0.591 bits per heavy atom. The minimum Gasteiger partial charge on any atom is -0.287 e. The quantitative estimate of drug-likeness (QED) is 0.103. The van der Waals surface area contributed by atoms with Gasteiger partial charge in [-0.25, -0.2) is 0 Å². The largest absolute Gasteiger partial charge is 0.460 e. The fourth-order valence-corrected chi connectivity index (χ4v) is 5.15. The number of unbranched alkanes of at least 4 members (excludes halogenated alkanes) is 3. The molecule has 0 aliphatic heterocycles. The lowest BCUT2D eigenvalue weighted by atomic mass is 9.77. The highest BCUT2D eigenvalue weighted by Gasteiger charge is 2.94. The van der Waals surface area contributed by atoms with Crippen LogP contribution in [0.1, 0.15) is 87.1 Å². The first-order chi connectivity index (χ1) is 19.9. The van der Waals surface area contributed by atoms with Crippen molar-refractivity contribution >= 4 is 5.78 Å². The molecule has 0 heterocycles. The highest BCUT2D eigenvalue weighted by molar-refractivity contribution is 6.02. The molecule has 16 heteroatoms. The van der Waals surface area contributed by atoms with Crippen LogP contribution in [0.15, 0.2) is 24.3 Å². The fourth-order valence-electron chi connectivity index (χ4n) is 5.15. The minimum absolute atomic E-state index is 0.318. The minimum atomic E-state index is -8.43. The van der Waals surface area contributed by atoms with E-state index in [1.165, 1.54) is 12.8 Å². The fraction of sp³-hybridized carbons (Fsp3) is 0.750. The van der Waals surface area contributed by atoms with E-state index in [4.69, 9.17) is 0 Å². The maximum atomic E-state index is 14.3. The Balaban J connectivity index is 2.13. The molecular formula is C28H31F15O. The van der Waals surface area contributed by atoms with E-state index >= 15 is 0 Å². The van der Waals surface area contributed by atoms with E-state index in [2.05, 4.69) is 6.92 Å². The van der Waals surface area contributed by atoms with E-state index in [0.29, 0.717) is 42.4 Å². The van der Waals surface area contributed by atoms with Crippen molar-refractivity contribution in [1.82, 2.24) is 0 Å². The van der Waals surface area contributed by atoms with Crippen LogP contribution in [0.5, 0.6) is 0 Å². The average Bonchev–Trinajstić information content (AvgIpc) is 2.93. The topological polar surface area (TPSA) is 17.1 Å². The summed E-state index contributed by atoms with van der Waals surface area (Å²) in [6.45, 7) is 2.12. The van der Waals surface area contributed by atoms with Crippen molar-refractivity contribution in [1.29, 1.82) is 0 Å². The third-order valence-corrected chi connectivity index (χ3v) is 8.10. The van der Waals surface area contributed by atoms with Gasteiger partial charge in [0.25, 0.3) is 0 Å². The summed E-state index contributed by atoms with van der Waals surface area (Å²) in [4.78, 5) is 12.0. The molecule has 0 atom stereocenters. The zero-order valence-corrected chi connectivity index (χ0v) is 23.3. The molecule has 1 aromatic rings. The summed E-state index contributed by atoms with van der Waals surface area (Å²) in [5.74, 6) is -50.3. The number of carbonyl (C=O) groups is 1. The number of Topliss-reactive ketones (excluding diaryl/α,β-unsaturated/α-hetero) is 1. The van der Waals surface area contributed by atoms with Crippen LogP contribution in [-0.4, -0.2) is 47.5 Å². The molecule has 1 aliphatic rings. The first kappa shape index (κ1) is 38.0. The Bertz CT molecular complexity index is 1090. The maximum absolute atomic E-state index is 14.3. The molecule has 1 aliphatic carbocycles. The van der Waals surface area contributed by atoms with Gasteiger partial charge in [-0.3, -0.25) is 4.79 Å². The Hall–Kier alpha value is -2.16. The van der Waals surface area contributed by atoms with E-state index in [1.807, 2.05) is 0 Å². The Labute approximate surface area is 243 Å². The lowest BCUT2D eigenvalue weighted by Crippen LogP contribution is -2.73. The standard InChI is InChI=1S/C28H31F15O/c1-2-3-4-5-6-17-7-9-18(10-8-17)11-12-19-13-15-20(16-14-19)21(44)22(29,30)23(31,32)24(33,34)25(35,36)26(37,38)27(39,40)28(41,42)43/h13-18H,2-12H2,1H3. The lowest BCUT2D eigenvalue weighted by molar-refractivity contribution is -0.449. The third kappa shape index (κ3) is 6.97. The van der Waals surface area contributed by atoms with Crippen molar-refractivity contribution in [3.05, 3.63) is 35.4 Å². The summed E-state index contributed by atoms with van der Waals surface area (Å²) in [5, 5.41) is 0. The van der Waals surface area contributed by atoms with Crippen molar-refractivity contribution in [2.75, 3.05) is 0 Å². The number of ketones is 1. The second-order valence-corrected chi connectivity index (χ2v) is 11.2. The maximum Gasteiger partial charge on any atom is 0.460 e. The summed E-state index contributed by atoms with van der Waals surface area (Å²) in [5.41, 5.74) is -1.07. The van der Waals surface area contributed by atoms with Gasteiger partial charge < -0.3 is 0 Å². The van der Waals surface area contributed by atoms with Crippen molar-refractivity contribution in [2.24, 2.45) is 11.8 Å². The highest BCUT2D eigenvalue weighted by Crippen LogP contribution is 2.62. The van der Waals surface area contributed by atoms with E-state index in [0.717, 1.165) is 57.1 Å². The van der Waals surface area contributed by atoms with Crippen LogP contribution in [0.25, 0.3) is 0 Å². The summed E-state index contributed by atoms with van der Waals surface area (Å²) in [7, 11) is 0. The molecule has 0 saturated heterocycles. The third-order valence-electron chi connectivity index (χ3n) is 8.10. The molecule has 2 rings (SSSR count). The van der Waals surface area contributed by atoms with Gasteiger partial charge in [-0.2, -0.15) is 65.9 Å². The smallest absolute Gasteiger partial charge is 0.287 e. The van der Waals surface area contributed by atoms with Crippen molar-refractivity contribution in [3.63, 3.8) is 0 Å². The number of alkyl halides is 15. The number of hydrogen-bond donors (Lipinski definition) is 0. The van der Waals surface area contributed by atoms with Gasteiger partial charge >= 0.3 is 41.7 Å². The summed E-state index contributed by atoms with van der Waals surface area (Å²) >= 11 is 0. The van der Waals surface area contributed by atoms with Gasteiger partial charge in [0.2, 0.25) is 5.78 Å². The molecule has 254 valence electrons. The first-order valence-electron chi connectivity index (χ1n) is 13.9. The summed E-state index contributed by atoms with van der Waals surface area (Å²) in [6, 6.07) is 2.87. The number of carbonyl (C=O) groups excluding carboxylic acids is 1. The zero-order chi connectivity index (χ0) is 34.0. The molecule has 44 heavy (non-hydrogen) atoms. The molecule has 0 N–H and O–H groups in total. The number of rotatable bonds is 15. The molecule has 0 aromatic heterocycles. The van der Waals surface area contributed by atoms with Crippen molar-refractivity contribution < 1.29 is 70.7 Å². The molecule has 0 bridgehead atoms. The van der Waals surface area contributed by atoms with Gasteiger partial charge in [0.05, 0.1) is 0 Å². The van der Waals surface area contributed by atoms with E-state index in [-0.39, 0.29) is 0 Å². The van der Waals surface area contributed by atoms with Gasteiger partial charge in [-0.1, -0.05) is 89.0 Å². The van der Waals surface area contributed by atoms with E-state index in [9.17, 15) is 70.7 Å². The second-order valence-electron chi connectivity index (χ2n) is 11.2. The molecule has 0 spiro atoms. The normalized spacial score (nSPS) is 19.7. The number of hydrogen-bond acceptors (Lipinski definition) is 1. The average molecular weight is 669 g/mol. The van der Waals surface area contributed by atoms with Crippen LogP contribution in [-0.2, 0) is 6.42 Å². The summed E-state index contributed by atoms with van der Waals surface area (Å²) < 4.78 is 201. The number of halogens is 15. The SMILES string of the molecule is CCCCCCC1CCC(CCc2ccc(C(=O)C(F)(F)C(F)(F)C(F)(F)C(F)(F)C(F)(F)C(F)(F)C(F)(F)F)cc2)CC1. The van der Waals surface area contributed by atoms with Crippen LogP contribution >= 0.6 is 0 Å². The Morgan fingerprint density at radius 2 is 1.02 bits per heavy atom. The van der Waals surface area contributed by atoms with Crippen LogP contribution < -0.4 is 0 Å². The van der Waals surface area contributed by atoms with Crippen molar-refractivity contribution in [2.45, 2.75) is 119 Å². The zero-order valence-electron chi connectivity index (χ0n) is 23.3. The van der Waals surface area contributed by atoms with Crippen molar-refractivity contribution in [3.8, 4) is 0 Å². The second kappa shape index (κ2) is 13.3. The van der Waals surface area contributed by atoms with Gasteiger partial charge in [0.1, 0.15) is 0 Å². The predicted molar refractivity (Wildman–Crippen MR) is 129 cm³/mol. The van der Waals surface area contributed by atoms with Crippen LogP contribution in [0, 0.1) is 11.8 Å². The monoisotopic (exact) mass is 668 g/mol. The lowest BCUT2D eigenvalue weighted by Gasteiger charge is -2.41. The predicted octanol–water partition coefficient (Wildman–Crippen LogP) is 11.0. The molecule has 0 unspecified atom stereocenters. The Kier molecular flexibility index (Phi) is 11.5. The first-order valence-corrected chi connectivity index (χ1v) is 13.9. The van der Waals surface area contributed by atoms with Gasteiger partial charge in [0, 0.05) is 5.56 Å². The number of aryl methyl sites for hydroxylation is 1. The van der Waals surface area contributed by atoms with Crippen LogP contribution in [0.2, 0.25) is 0 Å². The Morgan fingerprint density at radius 3 is 1.48 bits per heavy atom. The molecule has 1 nitrogen and oxygen atoms in total. The van der Waals surface area contributed by atoms with Gasteiger partial charge in [0.15, 0.2) is 0 Å². The molecule has 1 aromatic carbocycles. The van der Waals surface area contributed by atoms with Crippen LogP contribution in [0.4, 0.5) is 65.9 Å². The highest BCUT2D eigenvalue weighted by atomic mass is 19.4. The molecule has 1 fully saturated rings. The van der Waals surface area contributed by atoms with E-state index < -0.39 is 53.1 Å². The molecule has 0 amide bonds. The molecule has 1 saturated carbocycles. The number of benzene rings is 1. The summed E-state index contributed by atoms with van der Waals surface area (Å²) in [6.07, 6.45) is 2.96. The van der Waals surface area contributed by atoms with Gasteiger partial charge in [-0.15, -0.1) is 0 Å². The molecule has 0 radical (unpaired) electrons. The van der Waals surface area contributed by atoms with Crippen LogP contribution in [0.3, 0.4) is 0 Å². The van der Waals surface area contributed by atoms with Gasteiger partial charge in [-0.05, 0) is 30.2 Å². The van der Waals surface area contributed by atoms with E-state index in [1.54, 1.807) is 0 Å². The molecular weight excluding hydrogens is 637 g/mol.